The summed E-state index contributed by atoms with van der Waals surface area (Å²) >= 11 is 0. The summed E-state index contributed by atoms with van der Waals surface area (Å²) in [6.07, 6.45) is 1.03. The molecule has 2 rings (SSSR count). The van der Waals surface area contributed by atoms with E-state index in [-0.39, 0.29) is 11.9 Å². The van der Waals surface area contributed by atoms with Crippen LogP contribution in [0.4, 0.5) is 4.39 Å². The molecular formula is C13H19FN2. The third kappa shape index (κ3) is 2.25. The van der Waals surface area contributed by atoms with Crippen LogP contribution >= 0.6 is 0 Å². The molecule has 16 heavy (non-hydrogen) atoms. The smallest absolute Gasteiger partial charge is 0.127 e. The van der Waals surface area contributed by atoms with Gasteiger partial charge in [-0.25, -0.2) is 4.39 Å². The minimum Gasteiger partial charge on any atom is -0.329 e. The van der Waals surface area contributed by atoms with Crippen LogP contribution in [0.1, 0.15) is 24.9 Å². The Kier molecular flexibility index (Phi) is 3.56. The van der Waals surface area contributed by atoms with Crippen LogP contribution in [0.25, 0.3) is 0 Å². The predicted octanol–water partition coefficient (Wildman–Crippen LogP) is 2.17. The molecule has 2 unspecified atom stereocenters. The highest BCUT2D eigenvalue weighted by molar-refractivity contribution is 5.22. The Bertz CT molecular complexity index is 354. The van der Waals surface area contributed by atoms with Crippen molar-refractivity contribution in [2.75, 3.05) is 19.6 Å². The van der Waals surface area contributed by atoms with Gasteiger partial charge >= 0.3 is 0 Å². The molecule has 2 N–H and O–H groups in total. The van der Waals surface area contributed by atoms with Crippen molar-refractivity contribution in [2.24, 2.45) is 11.7 Å². The van der Waals surface area contributed by atoms with Gasteiger partial charge in [-0.1, -0.05) is 25.1 Å². The van der Waals surface area contributed by atoms with E-state index in [9.17, 15) is 4.39 Å². The number of nitrogens with zero attached hydrogens (tertiary/aromatic N) is 1. The second kappa shape index (κ2) is 4.93. The van der Waals surface area contributed by atoms with Gasteiger partial charge in [0.1, 0.15) is 5.82 Å². The Morgan fingerprint density at radius 1 is 1.44 bits per heavy atom. The van der Waals surface area contributed by atoms with Crippen molar-refractivity contribution in [2.45, 2.75) is 19.4 Å². The van der Waals surface area contributed by atoms with E-state index in [0.717, 1.165) is 25.1 Å². The van der Waals surface area contributed by atoms with E-state index in [1.165, 1.54) is 0 Å². The lowest BCUT2D eigenvalue weighted by Crippen LogP contribution is -2.29. The van der Waals surface area contributed by atoms with Gasteiger partial charge in [-0.3, -0.25) is 4.90 Å². The Balaban J connectivity index is 2.22. The number of benzene rings is 1. The number of hydrogen-bond donors (Lipinski definition) is 1. The monoisotopic (exact) mass is 222 g/mol. The van der Waals surface area contributed by atoms with Crippen LogP contribution in [0, 0.1) is 11.7 Å². The van der Waals surface area contributed by atoms with Crippen molar-refractivity contribution in [3.8, 4) is 0 Å². The summed E-state index contributed by atoms with van der Waals surface area (Å²) < 4.78 is 13.7. The van der Waals surface area contributed by atoms with E-state index < -0.39 is 0 Å². The van der Waals surface area contributed by atoms with Crippen molar-refractivity contribution in [3.05, 3.63) is 35.6 Å². The summed E-state index contributed by atoms with van der Waals surface area (Å²) in [6.45, 7) is 4.72. The molecule has 1 fully saturated rings. The molecule has 1 saturated heterocycles. The van der Waals surface area contributed by atoms with Gasteiger partial charge in [0.15, 0.2) is 0 Å². The molecule has 2 atom stereocenters. The molecule has 0 spiro atoms. The van der Waals surface area contributed by atoms with Gasteiger partial charge in [0.25, 0.3) is 0 Å². The van der Waals surface area contributed by atoms with Crippen LogP contribution < -0.4 is 5.73 Å². The molecule has 0 saturated carbocycles. The maximum Gasteiger partial charge on any atom is 0.127 e. The van der Waals surface area contributed by atoms with Gasteiger partial charge in [0.05, 0.1) is 0 Å². The van der Waals surface area contributed by atoms with Crippen LogP contribution in [0.15, 0.2) is 24.3 Å². The molecule has 0 aliphatic carbocycles. The molecule has 0 amide bonds. The van der Waals surface area contributed by atoms with Crippen molar-refractivity contribution >= 4 is 0 Å². The van der Waals surface area contributed by atoms with Gasteiger partial charge in [0.2, 0.25) is 0 Å². The zero-order valence-electron chi connectivity index (χ0n) is 9.70. The highest BCUT2D eigenvalue weighted by atomic mass is 19.1. The third-order valence-corrected chi connectivity index (χ3v) is 3.29. The zero-order valence-corrected chi connectivity index (χ0v) is 9.70. The summed E-state index contributed by atoms with van der Waals surface area (Å²) in [6, 6.07) is 7.28. The van der Waals surface area contributed by atoms with Gasteiger partial charge in [-0.05, 0) is 18.4 Å². The number of nitrogens with two attached hydrogens (primary N) is 1. The SMILES string of the molecule is CC1CC(c2ccccc2F)N(CCN)C1. The number of hydrogen-bond acceptors (Lipinski definition) is 2. The quantitative estimate of drug-likeness (QED) is 0.849. The molecule has 1 aliphatic heterocycles. The first-order chi connectivity index (χ1) is 7.72. The Morgan fingerprint density at radius 3 is 2.88 bits per heavy atom. The normalized spacial score (nSPS) is 26.2. The summed E-state index contributed by atoms with van der Waals surface area (Å²) in [7, 11) is 0. The second-order valence-corrected chi connectivity index (χ2v) is 4.66. The number of likely N-dealkylation sites (tertiary alicyclic amines) is 1. The van der Waals surface area contributed by atoms with E-state index in [2.05, 4.69) is 11.8 Å². The molecule has 2 nitrogen and oxygen atoms in total. The molecule has 0 radical (unpaired) electrons. The van der Waals surface area contributed by atoms with Crippen molar-refractivity contribution in [1.29, 1.82) is 0 Å². The van der Waals surface area contributed by atoms with E-state index in [4.69, 9.17) is 5.73 Å². The summed E-state index contributed by atoms with van der Waals surface area (Å²) in [5.41, 5.74) is 6.42. The fourth-order valence-electron chi connectivity index (χ4n) is 2.61. The maximum absolute atomic E-state index is 13.7. The summed E-state index contributed by atoms with van der Waals surface area (Å²) in [4.78, 5) is 2.29. The molecule has 3 heteroatoms. The molecule has 1 heterocycles. The average molecular weight is 222 g/mol. The van der Waals surface area contributed by atoms with Crippen molar-refractivity contribution < 1.29 is 4.39 Å². The predicted molar refractivity (Wildman–Crippen MR) is 63.5 cm³/mol. The highest BCUT2D eigenvalue weighted by Crippen LogP contribution is 2.35. The van der Waals surface area contributed by atoms with Gasteiger partial charge in [0, 0.05) is 31.2 Å². The molecule has 88 valence electrons. The van der Waals surface area contributed by atoms with Crippen LogP contribution in [0.3, 0.4) is 0 Å². The first kappa shape index (κ1) is 11.6. The van der Waals surface area contributed by atoms with E-state index in [1.54, 1.807) is 12.1 Å². The largest absolute Gasteiger partial charge is 0.329 e. The molecular weight excluding hydrogens is 203 g/mol. The molecule has 0 aromatic heterocycles. The van der Waals surface area contributed by atoms with Crippen molar-refractivity contribution in [3.63, 3.8) is 0 Å². The number of halogens is 1. The maximum atomic E-state index is 13.7. The molecule has 1 aliphatic rings. The third-order valence-electron chi connectivity index (χ3n) is 3.29. The average Bonchev–Trinajstić information content (AvgIpc) is 2.61. The minimum atomic E-state index is -0.0939. The Hall–Kier alpha value is -0.930. The van der Waals surface area contributed by atoms with Crippen LogP contribution in [-0.4, -0.2) is 24.5 Å². The van der Waals surface area contributed by atoms with Gasteiger partial charge < -0.3 is 5.73 Å². The van der Waals surface area contributed by atoms with Gasteiger partial charge in [-0.15, -0.1) is 0 Å². The molecule has 0 bridgehead atoms. The standard InChI is InChI=1S/C13H19FN2/c1-10-8-13(16(9-10)7-6-15)11-4-2-3-5-12(11)14/h2-5,10,13H,6-9,15H2,1H3. The van der Waals surface area contributed by atoms with E-state index >= 15 is 0 Å². The van der Waals surface area contributed by atoms with Gasteiger partial charge in [-0.2, -0.15) is 0 Å². The van der Waals surface area contributed by atoms with E-state index in [0.29, 0.717) is 12.5 Å². The fourth-order valence-corrected chi connectivity index (χ4v) is 2.61. The first-order valence-electron chi connectivity index (χ1n) is 5.91. The Labute approximate surface area is 96.2 Å². The summed E-state index contributed by atoms with van der Waals surface area (Å²) in [5.74, 6) is 0.528. The lowest BCUT2D eigenvalue weighted by atomic mass is 10.0. The minimum absolute atomic E-state index is 0.0939. The first-order valence-corrected chi connectivity index (χ1v) is 5.91. The molecule has 1 aromatic carbocycles. The second-order valence-electron chi connectivity index (χ2n) is 4.66. The zero-order chi connectivity index (χ0) is 11.5. The fraction of sp³-hybridized carbons (Fsp3) is 0.538. The Morgan fingerprint density at radius 2 is 2.19 bits per heavy atom. The molecule has 1 aromatic rings. The summed E-state index contributed by atoms with van der Waals surface area (Å²) in [5, 5.41) is 0. The topological polar surface area (TPSA) is 29.3 Å². The van der Waals surface area contributed by atoms with Crippen LogP contribution in [0.2, 0.25) is 0 Å². The lowest BCUT2D eigenvalue weighted by Gasteiger charge is -2.24. The number of rotatable bonds is 3. The highest BCUT2D eigenvalue weighted by Gasteiger charge is 2.31. The van der Waals surface area contributed by atoms with Crippen molar-refractivity contribution in [1.82, 2.24) is 4.90 Å². The lowest BCUT2D eigenvalue weighted by molar-refractivity contribution is 0.257. The van der Waals surface area contributed by atoms with E-state index in [1.807, 2.05) is 12.1 Å². The van der Waals surface area contributed by atoms with Crippen LogP contribution in [-0.2, 0) is 0 Å². The van der Waals surface area contributed by atoms with Crippen LogP contribution in [0.5, 0.6) is 0 Å².